The van der Waals surface area contributed by atoms with Crippen LogP contribution in [0.4, 0.5) is 0 Å². The zero-order valence-corrected chi connectivity index (χ0v) is 54.4. The van der Waals surface area contributed by atoms with E-state index < -0.39 is 5.31 Å². The van der Waals surface area contributed by atoms with Crippen molar-refractivity contribution in [2.24, 2.45) is 14.1 Å². The zero-order chi connectivity index (χ0) is 62.9. The Morgan fingerprint density at radius 1 is 0.382 bits per heavy atom. The predicted octanol–water partition coefficient (Wildman–Crippen LogP) is 14.7. The normalized spacial score (nSPS) is 11.6. The van der Waals surface area contributed by atoms with Gasteiger partial charge in [0, 0.05) is 33.7 Å². The van der Waals surface area contributed by atoms with Crippen LogP contribution < -0.4 is 58.5 Å². The number of nitrogens with zero attached hydrogens (tertiary/aromatic N) is 4. The van der Waals surface area contributed by atoms with Crippen LogP contribution in [0.5, 0.6) is 51.9 Å². The van der Waals surface area contributed by atoms with Crippen LogP contribution in [0.2, 0.25) is 0 Å². The first-order valence-electron chi connectivity index (χ1n) is 28.4. The van der Waals surface area contributed by atoms with E-state index in [1.54, 1.807) is 64.0 Å². The molecule has 0 spiro atoms. The molecule has 460 valence electrons. The first-order chi connectivity index (χ1) is 43.3. The molecule has 0 N–H and O–H groups in total. The number of aryl methyl sites for hydroxylation is 2. The Kier molecular flexibility index (Phi) is 21.3. The molecule has 17 heteroatoms. The van der Waals surface area contributed by atoms with Gasteiger partial charge in [-0.3, -0.25) is 9.36 Å². The van der Waals surface area contributed by atoms with Crippen molar-refractivity contribution in [3.8, 4) is 74.1 Å². The van der Waals surface area contributed by atoms with Gasteiger partial charge >= 0.3 is 193 Å². The molecule has 0 atom stereocenters. The topological polar surface area (TPSA) is 137 Å². The second-order valence-corrected chi connectivity index (χ2v) is 29.4. The maximum absolute atomic E-state index is 5.62. The summed E-state index contributed by atoms with van der Waals surface area (Å²) in [6.07, 6.45) is 4.83. The molecule has 11 aromatic rings. The fourth-order valence-electron chi connectivity index (χ4n) is 10.7. The first kappa shape index (κ1) is 64.2. The predicted molar refractivity (Wildman–Crippen MR) is 363 cm³/mol. The van der Waals surface area contributed by atoms with Crippen LogP contribution in [0.1, 0.15) is 16.8 Å². The van der Waals surface area contributed by atoms with Gasteiger partial charge in [-0.15, -0.1) is 5.10 Å². The van der Waals surface area contributed by atoms with Gasteiger partial charge in [0.25, 0.3) is 0 Å². The van der Waals surface area contributed by atoms with Crippen LogP contribution in [0.25, 0.3) is 56.2 Å². The van der Waals surface area contributed by atoms with Gasteiger partial charge in [-0.2, -0.15) is 5.10 Å². The number of aromatic nitrogens is 4. The van der Waals surface area contributed by atoms with E-state index in [1.807, 2.05) is 108 Å². The van der Waals surface area contributed by atoms with Gasteiger partial charge < -0.3 is 42.6 Å². The van der Waals surface area contributed by atoms with Crippen molar-refractivity contribution >= 4 is 70.7 Å². The summed E-state index contributed by atoms with van der Waals surface area (Å²) in [6.45, 7) is 0.340. The Morgan fingerprint density at radius 3 is 1.26 bits per heavy atom. The standard InChI is InChI=1S/C27H26BrO2P.C27H28N2O5.C18H20N2O4/c1-29-26-19-18-22(20-27(26)30-2)21-31(28,23-12-6-3-7-13-23,24-14-8-4-9-15-24)25-16-10-5-11-17-25;1-29-23-15-19(20-9-13-25(34-17-30-2)27(16-20)33-5)8-10-21(23)22(28-29)11-6-18-7-12-24(31-3)26(14-18)32-4;1-20-15-9-12(5-7-14(15)18(19-20)23-4)13-6-8-16(24-11-21-2)17(10-13)22-3/h3-20H,21H2,1-2H3;6-16H,17H2,1-5H3;5-10H,11H2,1-4H3. The molecule has 0 amide bonds. The number of methoxy groups -OCH3 is 9. The number of hydrogen-bond acceptors (Lipinski definition) is 13. The van der Waals surface area contributed by atoms with Crippen molar-refractivity contribution in [3.05, 3.63) is 217 Å². The zero-order valence-electron chi connectivity index (χ0n) is 51.9. The van der Waals surface area contributed by atoms with Crippen molar-refractivity contribution in [2.45, 2.75) is 6.16 Å². The Balaban J connectivity index is 0.000000161. The van der Waals surface area contributed by atoms with E-state index in [2.05, 4.69) is 148 Å². The molecule has 0 unspecified atom stereocenters. The van der Waals surface area contributed by atoms with Crippen LogP contribution in [-0.4, -0.2) is 97.1 Å². The molecule has 89 heavy (non-hydrogen) atoms. The minimum absolute atomic E-state index is 0.163. The summed E-state index contributed by atoms with van der Waals surface area (Å²) in [7, 11) is 18.5. The Morgan fingerprint density at radius 2 is 0.787 bits per heavy atom. The molecule has 0 radical (unpaired) electrons. The van der Waals surface area contributed by atoms with Crippen LogP contribution in [0, 0.1) is 0 Å². The van der Waals surface area contributed by atoms with Gasteiger partial charge in [0.05, 0.1) is 57.7 Å². The minimum atomic E-state index is -3.03. The van der Waals surface area contributed by atoms with E-state index in [1.165, 1.54) is 21.5 Å². The molecular weight excluding hydrogens is 1210 g/mol. The molecule has 0 aliphatic rings. The van der Waals surface area contributed by atoms with Crippen LogP contribution in [0.3, 0.4) is 0 Å². The Bertz CT molecular complexity index is 4080. The van der Waals surface area contributed by atoms with E-state index in [0.29, 0.717) is 40.4 Å². The summed E-state index contributed by atoms with van der Waals surface area (Å²) in [5, 5.41) is 12.0. The quantitative estimate of drug-likeness (QED) is 0.0471. The van der Waals surface area contributed by atoms with Crippen LogP contribution in [-0.2, 0) is 29.7 Å². The van der Waals surface area contributed by atoms with E-state index in [-0.39, 0.29) is 13.6 Å². The number of ether oxygens (including phenoxy) is 11. The fraction of sp³-hybridized carbons (Fsp3) is 0.194. The molecule has 9 aromatic carbocycles. The number of rotatable bonds is 22. The Hall–Kier alpha value is -9.31. The van der Waals surface area contributed by atoms with Gasteiger partial charge in [-0.1, -0.05) is 36.4 Å². The molecule has 15 nitrogen and oxygen atoms in total. The fourth-order valence-corrected chi connectivity index (χ4v) is 18.4. The molecule has 11 rings (SSSR count). The second-order valence-electron chi connectivity index (χ2n) is 20.4. The van der Waals surface area contributed by atoms with Gasteiger partial charge in [0.15, 0.2) is 48.1 Å². The molecule has 0 saturated carbocycles. The van der Waals surface area contributed by atoms with Gasteiger partial charge in [0.2, 0.25) is 5.88 Å². The third kappa shape index (κ3) is 14.0. The van der Waals surface area contributed by atoms with Gasteiger partial charge in [0.1, 0.15) is 0 Å². The van der Waals surface area contributed by atoms with E-state index in [0.717, 1.165) is 73.0 Å². The summed E-state index contributed by atoms with van der Waals surface area (Å²) < 4.78 is 62.7. The molecule has 0 bridgehead atoms. The summed E-state index contributed by atoms with van der Waals surface area (Å²) in [6, 6.07) is 68.5. The number of halogens is 1. The molecule has 2 aromatic heterocycles. The number of fused-ring (bicyclic) bond motifs is 2. The summed E-state index contributed by atoms with van der Waals surface area (Å²) in [5.41, 5.74) is 9.27. The average Bonchev–Trinajstić information content (AvgIpc) is 1.34. The Labute approximate surface area is 528 Å². The molecule has 0 saturated heterocycles. The maximum atomic E-state index is 5.62. The second kappa shape index (κ2) is 29.6. The van der Waals surface area contributed by atoms with Crippen LogP contribution >= 0.6 is 20.8 Å². The SMILES string of the molecule is COCOc1ccc(-c2ccc3c(C=Cc4ccc(OC)c(OC)c4)nn(C)c3c2)cc1OC.COCOc1ccc(-c2ccc3c(OC)nn(C)c3c2)cc1OC.COc1ccc(CP(Br)(c2ccccc2)(c2ccccc2)c2ccccc2)cc1OC. The molecule has 0 fully saturated rings. The summed E-state index contributed by atoms with van der Waals surface area (Å²) >= 11 is 4.49. The van der Waals surface area contributed by atoms with E-state index in [4.69, 9.17) is 57.2 Å². The van der Waals surface area contributed by atoms with Crippen molar-refractivity contribution in [2.75, 3.05) is 77.6 Å². The van der Waals surface area contributed by atoms with Crippen molar-refractivity contribution in [1.82, 2.24) is 19.6 Å². The van der Waals surface area contributed by atoms with Crippen molar-refractivity contribution in [3.63, 3.8) is 0 Å². The number of benzene rings is 9. The molecular formula is C72H74BrN4O11P. The summed E-state index contributed by atoms with van der Waals surface area (Å²) in [5.74, 6) is 6.08. The van der Waals surface area contributed by atoms with Crippen molar-refractivity contribution in [1.29, 1.82) is 0 Å². The third-order valence-corrected chi connectivity index (χ3v) is 24.7. The number of hydrogen-bond donors (Lipinski definition) is 0. The van der Waals surface area contributed by atoms with E-state index in [9.17, 15) is 0 Å². The van der Waals surface area contributed by atoms with Gasteiger partial charge in [-0.25, -0.2) is 0 Å². The third-order valence-electron chi connectivity index (χ3n) is 15.2. The molecule has 0 aliphatic carbocycles. The molecule has 2 heterocycles. The monoisotopic (exact) mass is 1280 g/mol. The average molecular weight is 1280 g/mol. The summed E-state index contributed by atoms with van der Waals surface area (Å²) in [4.78, 5) is 0. The van der Waals surface area contributed by atoms with Crippen LogP contribution in [0.15, 0.2) is 200 Å². The van der Waals surface area contributed by atoms with Crippen molar-refractivity contribution < 1.29 is 52.1 Å². The van der Waals surface area contributed by atoms with Gasteiger partial charge in [-0.05, 0) is 94.6 Å². The van der Waals surface area contributed by atoms with E-state index >= 15 is 0 Å². The first-order valence-corrected chi connectivity index (χ1v) is 32.9. The molecule has 0 aliphatic heterocycles.